The number of nitrogens with zero attached hydrogens (tertiary/aromatic N) is 3. The Hall–Kier alpha value is -2.08. The number of halogens is 1. The topological polar surface area (TPSA) is 101 Å². The normalized spacial score (nSPS) is 10.3. The number of aromatic nitrogens is 3. The van der Waals surface area contributed by atoms with Gasteiger partial charge in [0.2, 0.25) is 5.95 Å². The van der Waals surface area contributed by atoms with Crippen LogP contribution in [-0.2, 0) is 0 Å². The van der Waals surface area contributed by atoms with Gasteiger partial charge in [-0.2, -0.15) is 9.97 Å². The minimum Gasteiger partial charge on any atom is -0.422 e. The fourth-order valence-electron chi connectivity index (χ4n) is 1.17. The third kappa shape index (κ3) is 1.82. The fraction of sp³-hybridized carbons (Fsp3) is 0. The molecule has 0 fully saturated rings. The van der Waals surface area contributed by atoms with Gasteiger partial charge < -0.3 is 10.9 Å². The summed E-state index contributed by atoms with van der Waals surface area (Å²) in [5, 5.41) is 17.1. The van der Waals surface area contributed by atoms with Gasteiger partial charge in [0, 0.05) is 10.6 Å². The van der Waals surface area contributed by atoms with Gasteiger partial charge in [-0.05, 0) is 24.3 Å². The zero-order valence-electron chi connectivity index (χ0n) is 8.05. The highest BCUT2D eigenvalue weighted by Crippen LogP contribution is 2.17. The Kier molecular flexibility index (Phi) is 2.49. The maximum absolute atomic E-state index is 9.18. The van der Waals surface area contributed by atoms with Gasteiger partial charge >= 0.3 is 0 Å². The van der Waals surface area contributed by atoms with E-state index in [9.17, 15) is 5.21 Å². The highest BCUT2D eigenvalue weighted by molar-refractivity contribution is 6.30. The fourth-order valence-corrected chi connectivity index (χ4v) is 1.29. The average molecular weight is 238 g/mol. The number of nitrogens with two attached hydrogens (primary N) is 1. The molecule has 82 valence electrons. The Bertz CT molecular complexity index is 577. The van der Waals surface area contributed by atoms with Crippen LogP contribution in [0.3, 0.4) is 0 Å². The molecule has 6 nitrogen and oxygen atoms in total. The molecule has 16 heavy (non-hydrogen) atoms. The van der Waals surface area contributed by atoms with Gasteiger partial charge in [-0.1, -0.05) is 11.6 Å². The third-order valence-electron chi connectivity index (χ3n) is 1.95. The molecule has 0 radical (unpaired) electrons. The van der Waals surface area contributed by atoms with Crippen LogP contribution in [0.2, 0.25) is 5.02 Å². The van der Waals surface area contributed by atoms with Crippen LogP contribution < -0.4 is 11.4 Å². The van der Waals surface area contributed by atoms with Crippen molar-refractivity contribution in [3.8, 4) is 11.4 Å². The van der Waals surface area contributed by atoms with Crippen molar-refractivity contribution in [1.82, 2.24) is 14.7 Å². The van der Waals surface area contributed by atoms with Crippen molar-refractivity contribution in [1.29, 1.82) is 5.41 Å². The maximum Gasteiger partial charge on any atom is 0.261 e. The minimum absolute atomic E-state index is 0.190. The molecule has 0 saturated carbocycles. The van der Waals surface area contributed by atoms with Crippen molar-refractivity contribution in [2.24, 2.45) is 0 Å². The van der Waals surface area contributed by atoms with Crippen LogP contribution in [0.25, 0.3) is 11.4 Å². The lowest BCUT2D eigenvalue weighted by Gasteiger charge is -2.04. The largest absolute Gasteiger partial charge is 0.422 e. The van der Waals surface area contributed by atoms with Crippen LogP contribution in [0.5, 0.6) is 0 Å². The van der Waals surface area contributed by atoms with Gasteiger partial charge in [0.15, 0.2) is 5.82 Å². The highest BCUT2D eigenvalue weighted by atomic mass is 35.5. The second-order valence-electron chi connectivity index (χ2n) is 3.05. The summed E-state index contributed by atoms with van der Waals surface area (Å²) in [7, 11) is 0. The van der Waals surface area contributed by atoms with Crippen molar-refractivity contribution < 1.29 is 5.21 Å². The number of rotatable bonds is 1. The summed E-state index contributed by atoms with van der Waals surface area (Å²) in [6.45, 7) is 0. The number of hydrogen-bond acceptors (Lipinski definition) is 5. The molecule has 1 aromatic carbocycles. The van der Waals surface area contributed by atoms with Crippen LogP contribution in [-0.4, -0.2) is 19.9 Å². The van der Waals surface area contributed by atoms with Crippen LogP contribution in [0.15, 0.2) is 24.3 Å². The summed E-state index contributed by atoms with van der Waals surface area (Å²) in [4.78, 5) is 7.63. The van der Waals surface area contributed by atoms with E-state index >= 15 is 0 Å². The molecular weight excluding hydrogens is 230 g/mol. The molecule has 0 unspecified atom stereocenters. The number of nitrogen functional groups attached to an aromatic ring is 1. The second kappa shape index (κ2) is 3.82. The molecule has 1 aromatic heterocycles. The maximum atomic E-state index is 9.18. The summed E-state index contributed by atoms with van der Waals surface area (Å²) >= 11 is 5.74. The van der Waals surface area contributed by atoms with E-state index in [0.29, 0.717) is 15.3 Å². The first kappa shape index (κ1) is 10.4. The van der Waals surface area contributed by atoms with Crippen LogP contribution in [0.1, 0.15) is 0 Å². The Labute approximate surface area is 95.4 Å². The second-order valence-corrected chi connectivity index (χ2v) is 3.48. The predicted molar refractivity (Wildman–Crippen MR) is 57.9 cm³/mol. The minimum atomic E-state index is -0.377. The quantitative estimate of drug-likeness (QED) is 0.642. The van der Waals surface area contributed by atoms with E-state index in [1.54, 1.807) is 24.3 Å². The van der Waals surface area contributed by atoms with Gasteiger partial charge in [0.05, 0.1) is 0 Å². The Balaban J connectivity index is 2.57. The van der Waals surface area contributed by atoms with Crippen molar-refractivity contribution in [3.05, 3.63) is 34.9 Å². The molecule has 0 aliphatic rings. The van der Waals surface area contributed by atoms with Gasteiger partial charge in [-0.3, -0.25) is 5.41 Å². The molecule has 0 amide bonds. The first-order chi connectivity index (χ1) is 7.58. The van der Waals surface area contributed by atoms with E-state index in [1.807, 2.05) is 0 Å². The Morgan fingerprint density at radius 1 is 1.25 bits per heavy atom. The number of nitrogens with one attached hydrogen (secondary N) is 1. The monoisotopic (exact) mass is 237 g/mol. The molecule has 2 rings (SSSR count). The molecule has 7 heteroatoms. The molecule has 2 aromatic rings. The molecule has 0 atom stereocenters. The highest BCUT2D eigenvalue weighted by Gasteiger charge is 2.06. The van der Waals surface area contributed by atoms with Crippen LogP contribution in [0, 0.1) is 5.41 Å². The standard InChI is InChI=1S/C9H8ClN5O/c10-6-3-1-5(2-4-6)7-13-8(11)15(16)9(12)14-7/h1-4,16H,(H3,11,12,13,14). The number of benzene rings is 1. The SMILES string of the molecule is N=c1nc(-c2ccc(Cl)cc2)nc(N)n1O. The summed E-state index contributed by atoms with van der Waals surface area (Å²) in [6, 6.07) is 6.77. The van der Waals surface area contributed by atoms with Crippen molar-refractivity contribution >= 4 is 17.5 Å². The summed E-state index contributed by atoms with van der Waals surface area (Å²) in [5.41, 5.74) is 5.70. The molecule has 1 heterocycles. The number of hydrogen-bond donors (Lipinski definition) is 3. The van der Waals surface area contributed by atoms with Crippen LogP contribution in [0.4, 0.5) is 5.95 Å². The van der Waals surface area contributed by atoms with E-state index in [2.05, 4.69) is 9.97 Å². The zero-order valence-corrected chi connectivity index (χ0v) is 8.81. The molecule has 0 bridgehead atoms. The molecule has 0 aliphatic carbocycles. The molecule has 0 spiro atoms. The van der Waals surface area contributed by atoms with Gasteiger partial charge in [0.25, 0.3) is 5.62 Å². The van der Waals surface area contributed by atoms with Crippen LogP contribution >= 0.6 is 11.6 Å². The third-order valence-corrected chi connectivity index (χ3v) is 2.20. The van der Waals surface area contributed by atoms with Crippen molar-refractivity contribution in [3.63, 3.8) is 0 Å². The van der Waals surface area contributed by atoms with E-state index < -0.39 is 0 Å². The summed E-state index contributed by atoms with van der Waals surface area (Å²) < 4.78 is 0.402. The Morgan fingerprint density at radius 2 is 1.88 bits per heavy atom. The first-order valence-electron chi connectivity index (χ1n) is 4.34. The van der Waals surface area contributed by atoms with Gasteiger partial charge in [-0.25, -0.2) is 0 Å². The number of anilines is 1. The van der Waals surface area contributed by atoms with E-state index in [0.717, 1.165) is 0 Å². The molecule has 0 saturated heterocycles. The van der Waals surface area contributed by atoms with E-state index in [4.69, 9.17) is 22.7 Å². The molecule has 4 N–H and O–H groups in total. The van der Waals surface area contributed by atoms with Crippen molar-refractivity contribution in [2.45, 2.75) is 0 Å². The summed E-state index contributed by atoms with van der Waals surface area (Å²) in [5.74, 6) is 0.0782. The molecule has 0 aliphatic heterocycles. The molecular formula is C9H8ClN5O. The van der Waals surface area contributed by atoms with Gasteiger partial charge in [-0.15, -0.1) is 4.73 Å². The lowest BCUT2D eigenvalue weighted by Crippen LogP contribution is -2.25. The van der Waals surface area contributed by atoms with E-state index in [-0.39, 0.29) is 17.4 Å². The summed E-state index contributed by atoms with van der Waals surface area (Å²) in [6.07, 6.45) is 0. The first-order valence-corrected chi connectivity index (χ1v) is 4.72. The lowest BCUT2D eigenvalue weighted by atomic mass is 10.2. The lowest BCUT2D eigenvalue weighted by molar-refractivity contribution is 0.168. The Morgan fingerprint density at radius 3 is 2.44 bits per heavy atom. The van der Waals surface area contributed by atoms with Crippen molar-refractivity contribution in [2.75, 3.05) is 5.73 Å². The smallest absolute Gasteiger partial charge is 0.261 e. The predicted octanol–water partition coefficient (Wildman–Crippen LogP) is 0.897. The van der Waals surface area contributed by atoms with E-state index in [1.165, 1.54) is 0 Å². The average Bonchev–Trinajstić information content (AvgIpc) is 2.26. The zero-order chi connectivity index (χ0) is 11.7. The van der Waals surface area contributed by atoms with Gasteiger partial charge in [0.1, 0.15) is 0 Å².